The molecule has 208 valence electrons. The van der Waals surface area contributed by atoms with E-state index >= 15 is 0 Å². The van der Waals surface area contributed by atoms with E-state index in [-0.39, 0.29) is 5.97 Å². The van der Waals surface area contributed by atoms with Crippen molar-refractivity contribution in [3.63, 3.8) is 0 Å². The van der Waals surface area contributed by atoms with Crippen molar-refractivity contribution in [3.05, 3.63) is 71.1 Å². The fraction of sp³-hybridized carbons (Fsp3) is 0.414. The lowest BCUT2D eigenvalue weighted by molar-refractivity contribution is -0.140. The first-order chi connectivity index (χ1) is 18.0. The second kappa shape index (κ2) is 16.3. The molecule has 0 saturated carbocycles. The molecule has 3 aromatic rings. The molecule has 0 amide bonds. The molecule has 0 radical (unpaired) electrons. The maximum Gasteiger partial charge on any atom is 0.305 e. The number of hydrogen-bond acceptors (Lipinski definition) is 7. The van der Waals surface area contributed by atoms with Crippen LogP contribution in [0.4, 0.5) is 8.78 Å². The van der Waals surface area contributed by atoms with Crippen LogP contribution in [0.1, 0.15) is 56.7 Å². The minimum absolute atomic E-state index is 0.225. The molecule has 9 heteroatoms. The number of ketones is 1. The molecule has 0 aliphatic rings. The Morgan fingerprint density at radius 2 is 1.71 bits per heavy atom. The average Bonchev–Trinajstić information content (AvgIpc) is 3.29. The highest BCUT2D eigenvalue weighted by molar-refractivity contribution is 5.82. The van der Waals surface area contributed by atoms with E-state index in [1.165, 1.54) is 7.11 Å². The molecule has 7 nitrogen and oxygen atoms in total. The van der Waals surface area contributed by atoms with Crippen LogP contribution in [0.3, 0.4) is 0 Å². The highest BCUT2D eigenvalue weighted by Gasteiger charge is 2.26. The van der Waals surface area contributed by atoms with Crippen LogP contribution >= 0.6 is 0 Å². The summed E-state index contributed by atoms with van der Waals surface area (Å²) in [7, 11) is 1.39. The summed E-state index contributed by atoms with van der Waals surface area (Å²) >= 11 is 0. The maximum absolute atomic E-state index is 11.5. The quantitative estimate of drug-likeness (QED) is 0.315. The number of rotatable bonds is 10. The Kier molecular flexibility index (Phi) is 13.9. The van der Waals surface area contributed by atoms with Gasteiger partial charge in [-0.15, -0.1) is 0 Å². The summed E-state index contributed by atoms with van der Waals surface area (Å²) in [5.74, 6) is -2.29. The lowest BCUT2D eigenvalue weighted by Crippen LogP contribution is -2.20. The Labute approximate surface area is 223 Å². The van der Waals surface area contributed by atoms with E-state index in [0.717, 1.165) is 40.8 Å². The first-order valence-electron chi connectivity index (χ1n) is 12.5. The van der Waals surface area contributed by atoms with E-state index in [0.29, 0.717) is 45.2 Å². The molecule has 0 aliphatic heterocycles. The molecule has 0 spiro atoms. The van der Waals surface area contributed by atoms with Gasteiger partial charge in [-0.1, -0.05) is 44.2 Å². The van der Waals surface area contributed by atoms with Crippen molar-refractivity contribution in [1.82, 2.24) is 4.98 Å². The number of carbonyl (C=O) groups excluding carboxylic acids is 2. The van der Waals surface area contributed by atoms with Crippen LogP contribution < -0.4 is 10.5 Å². The Morgan fingerprint density at radius 3 is 2.26 bits per heavy atom. The van der Waals surface area contributed by atoms with Crippen molar-refractivity contribution in [3.8, 4) is 17.2 Å². The predicted molar refractivity (Wildman–Crippen MR) is 143 cm³/mol. The Balaban J connectivity index is 0.000000696. The van der Waals surface area contributed by atoms with Crippen LogP contribution in [0, 0.1) is 6.92 Å². The number of Topliss-reactive ketones (excluding diaryl/α,β-unsaturated/α-hetero) is 1. The summed E-state index contributed by atoms with van der Waals surface area (Å²) in [4.78, 5) is 25.6. The number of carbonyl (C=O) groups is 2. The molecule has 0 bridgehead atoms. The zero-order valence-electron chi connectivity index (χ0n) is 23.0. The molecule has 38 heavy (non-hydrogen) atoms. The smallest absolute Gasteiger partial charge is 0.305 e. The lowest BCUT2D eigenvalue weighted by atomic mass is 10.1. The summed E-state index contributed by atoms with van der Waals surface area (Å²) in [6, 6.07) is 15.7. The van der Waals surface area contributed by atoms with Crippen molar-refractivity contribution in [2.24, 2.45) is 5.73 Å². The van der Waals surface area contributed by atoms with E-state index in [1.807, 2.05) is 69.3 Å². The summed E-state index contributed by atoms with van der Waals surface area (Å²) in [6.45, 7) is 8.18. The number of hydrogen-bond donors (Lipinski definition) is 1. The second-order valence-electron chi connectivity index (χ2n) is 8.15. The van der Waals surface area contributed by atoms with Crippen molar-refractivity contribution >= 4 is 11.8 Å². The van der Waals surface area contributed by atoms with Gasteiger partial charge in [0.2, 0.25) is 5.89 Å². The summed E-state index contributed by atoms with van der Waals surface area (Å²) in [5, 5.41) is 0. The van der Waals surface area contributed by atoms with E-state index < -0.39 is 11.7 Å². The van der Waals surface area contributed by atoms with Crippen molar-refractivity contribution in [2.45, 2.75) is 66.3 Å². The number of nitrogens with two attached hydrogens (primary N) is 1. The first-order valence-corrected chi connectivity index (χ1v) is 12.5. The summed E-state index contributed by atoms with van der Waals surface area (Å²) in [6.07, 6.45) is 1.59. The number of oxazole rings is 1. The highest BCUT2D eigenvalue weighted by Crippen LogP contribution is 2.23. The lowest BCUT2D eigenvalue weighted by Gasteiger charge is -2.12. The first kappa shape index (κ1) is 32.4. The Hall–Kier alpha value is -3.59. The number of ether oxygens (including phenoxy) is 2. The van der Waals surface area contributed by atoms with Crippen LogP contribution in [0.15, 0.2) is 52.9 Å². The topological polar surface area (TPSA) is 105 Å². The van der Waals surface area contributed by atoms with Gasteiger partial charge in [0.1, 0.15) is 11.5 Å². The molecule has 2 N–H and O–H groups in total. The second-order valence-corrected chi connectivity index (χ2v) is 8.15. The van der Waals surface area contributed by atoms with E-state index in [4.69, 9.17) is 14.9 Å². The Morgan fingerprint density at radius 1 is 1.08 bits per heavy atom. The third kappa shape index (κ3) is 10.8. The summed E-state index contributed by atoms with van der Waals surface area (Å²) in [5.41, 5.74) is 9.66. The van der Waals surface area contributed by atoms with E-state index in [2.05, 4.69) is 9.72 Å². The van der Waals surface area contributed by atoms with Gasteiger partial charge >= 0.3 is 11.9 Å². The number of alkyl halides is 2. The van der Waals surface area contributed by atoms with Crippen LogP contribution in [0.2, 0.25) is 0 Å². The molecule has 0 unspecified atom stereocenters. The third-order valence-corrected chi connectivity index (χ3v) is 5.32. The largest absolute Gasteiger partial charge is 0.493 e. The minimum Gasteiger partial charge on any atom is -0.493 e. The van der Waals surface area contributed by atoms with Gasteiger partial charge in [-0.05, 0) is 37.1 Å². The normalized spacial score (nSPS) is 10.4. The van der Waals surface area contributed by atoms with E-state index in [1.54, 1.807) is 0 Å². The number of nitrogens with zero attached hydrogens (tertiary/aromatic N) is 1. The molecule has 0 saturated heterocycles. The van der Waals surface area contributed by atoms with Gasteiger partial charge in [0.25, 0.3) is 0 Å². The van der Waals surface area contributed by atoms with Gasteiger partial charge in [-0.25, -0.2) is 4.98 Å². The SMILES string of the molecule is CC.CC(=O)C(C)(F)F.COC(=O)CCc1ccc(OCCc2nc(-c3ccccc3)oc2C)c(CN)c1. The molecule has 0 atom stereocenters. The van der Waals surface area contributed by atoms with Gasteiger partial charge in [0.15, 0.2) is 5.78 Å². The molecule has 3 rings (SSSR count). The molecular weight excluding hydrogens is 494 g/mol. The van der Waals surface area contributed by atoms with Crippen molar-refractivity contribution in [1.29, 1.82) is 0 Å². The van der Waals surface area contributed by atoms with Gasteiger partial charge in [-0.3, -0.25) is 9.59 Å². The standard InChI is InChI=1S/C23H26N2O4.C4H6F2O.C2H6/c1-16-20(25-23(29-16)18-6-4-3-5-7-18)12-13-28-21-10-8-17(14-19(21)15-24)9-11-22(26)27-2;1-3(7)4(2,5)6;1-2/h3-8,10,14H,9,11-13,15,24H2,1-2H3;1-2H3;1-2H3. The number of halogens is 2. The van der Waals surface area contributed by atoms with Crippen molar-refractivity contribution < 1.29 is 32.3 Å². The number of aromatic nitrogens is 1. The van der Waals surface area contributed by atoms with Gasteiger partial charge in [0, 0.05) is 44.4 Å². The fourth-order valence-electron chi connectivity index (χ4n) is 3.06. The monoisotopic (exact) mass is 532 g/mol. The molecule has 1 heterocycles. The minimum atomic E-state index is -3.14. The highest BCUT2D eigenvalue weighted by atomic mass is 19.3. The number of aryl methyl sites for hydroxylation is 2. The Bertz CT molecular complexity index is 1140. The average molecular weight is 533 g/mol. The zero-order valence-corrected chi connectivity index (χ0v) is 23.0. The molecule has 0 fully saturated rings. The zero-order chi connectivity index (χ0) is 28.7. The maximum atomic E-state index is 11.5. The number of benzene rings is 2. The summed E-state index contributed by atoms with van der Waals surface area (Å²) < 4.78 is 39.4. The molecule has 2 aromatic carbocycles. The number of esters is 1. The van der Waals surface area contributed by atoms with Gasteiger partial charge < -0.3 is 19.6 Å². The van der Waals surface area contributed by atoms with Crippen LogP contribution in [0.25, 0.3) is 11.5 Å². The third-order valence-electron chi connectivity index (χ3n) is 5.32. The molecule has 0 aliphatic carbocycles. The van der Waals surface area contributed by atoms with Crippen molar-refractivity contribution in [2.75, 3.05) is 13.7 Å². The van der Waals surface area contributed by atoms with Gasteiger partial charge in [-0.2, -0.15) is 8.78 Å². The number of methoxy groups -OCH3 is 1. The van der Waals surface area contributed by atoms with Crippen LogP contribution in [0.5, 0.6) is 5.75 Å². The van der Waals surface area contributed by atoms with Crippen LogP contribution in [-0.2, 0) is 33.7 Å². The van der Waals surface area contributed by atoms with Gasteiger partial charge in [0.05, 0.1) is 19.4 Å². The predicted octanol–water partition coefficient (Wildman–Crippen LogP) is 6.09. The van der Waals surface area contributed by atoms with Crippen LogP contribution in [-0.4, -0.2) is 36.4 Å². The van der Waals surface area contributed by atoms with E-state index in [9.17, 15) is 18.4 Å². The molecular formula is C29H38F2N2O5. The fourth-order valence-corrected chi connectivity index (χ4v) is 3.06. The molecule has 1 aromatic heterocycles.